The van der Waals surface area contributed by atoms with Crippen LogP contribution < -0.4 is 11.1 Å². The number of nitrogens with two attached hydrogens (primary N) is 1. The second kappa shape index (κ2) is 9.37. The van der Waals surface area contributed by atoms with E-state index in [0.29, 0.717) is 31.5 Å². The summed E-state index contributed by atoms with van der Waals surface area (Å²) in [5.41, 5.74) is 6.06. The van der Waals surface area contributed by atoms with E-state index in [1.807, 2.05) is 0 Å². The normalized spacial score (nSPS) is 20.5. The number of nitrogens with one attached hydrogen (secondary N) is 1. The lowest BCUT2D eigenvalue weighted by Crippen LogP contribution is -2.54. The average Bonchev–Trinajstić information content (AvgIpc) is 2.67. The van der Waals surface area contributed by atoms with Crippen LogP contribution in [0.4, 0.5) is 0 Å². The van der Waals surface area contributed by atoms with Gasteiger partial charge >= 0.3 is 0 Å². The van der Waals surface area contributed by atoms with Crippen LogP contribution in [0.15, 0.2) is 29.2 Å². The molecule has 0 radical (unpaired) electrons. The maximum Gasteiger partial charge on any atom is 0.243 e. The molecular weight excluding hydrogens is 386 g/mol. The number of piperidine rings is 1. The second-order valence-electron chi connectivity index (χ2n) is 7.47. The van der Waals surface area contributed by atoms with Crippen molar-refractivity contribution in [2.45, 2.75) is 68.3 Å². The third kappa shape index (κ3) is 5.02. The van der Waals surface area contributed by atoms with Crippen molar-refractivity contribution in [3.63, 3.8) is 0 Å². The third-order valence-electron chi connectivity index (χ3n) is 5.54. The summed E-state index contributed by atoms with van der Waals surface area (Å²) in [7, 11) is -3.53. The van der Waals surface area contributed by atoms with Gasteiger partial charge < -0.3 is 11.1 Å². The first-order chi connectivity index (χ1) is 12.4. The molecule has 1 aromatic carbocycles. The number of nitrogens with zero attached hydrogens (tertiary/aromatic N) is 1. The van der Waals surface area contributed by atoms with Gasteiger partial charge in [0, 0.05) is 19.6 Å². The number of sulfonamides is 1. The van der Waals surface area contributed by atoms with Crippen LogP contribution in [0.25, 0.3) is 0 Å². The Hall–Kier alpha value is -1.15. The Labute approximate surface area is 168 Å². The lowest BCUT2D eigenvalue weighted by Gasteiger charge is -2.32. The minimum atomic E-state index is -3.53. The Kier molecular flexibility index (Phi) is 7.68. The second-order valence-corrected chi connectivity index (χ2v) is 9.38. The maximum atomic E-state index is 13.0. The van der Waals surface area contributed by atoms with Crippen molar-refractivity contribution in [1.82, 2.24) is 9.62 Å². The topological polar surface area (TPSA) is 92.5 Å². The molecule has 2 aliphatic rings. The lowest BCUT2D eigenvalue weighted by molar-refractivity contribution is -0.127. The number of carbonyl (C=O) groups excluding carboxylic acids is 1. The quantitative estimate of drug-likeness (QED) is 0.772. The lowest BCUT2D eigenvalue weighted by atomic mass is 9.82. The predicted octanol–water partition coefficient (Wildman–Crippen LogP) is 2.56. The summed E-state index contributed by atoms with van der Waals surface area (Å²) in [4.78, 5) is 12.8. The Bertz CT molecular complexity index is 742. The fourth-order valence-corrected chi connectivity index (χ4v) is 5.65. The van der Waals surface area contributed by atoms with E-state index in [4.69, 9.17) is 5.73 Å². The van der Waals surface area contributed by atoms with Gasteiger partial charge in [-0.3, -0.25) is 4.79 Å². The zero-order chi connectivity index (χ0) is 18.6. The molecule has 1 saturated heterocycles. The fourth-order valence-electron chi connectivity index (χ4n) is 3.91. The summed E-state index contributed by atoms with van der Waals surface area (Å²) in [5, 5.41) is 2.88. The van der Waals surface area contributed by atoms with E-state index in [9.17, 15) is 13.2 Å². The van der Waals surface area contributed by atoms with Crippen LogP contribution in [0.5, 0.6) is 0 Å². The SMILES string of the molecule is Cl.NC1(C(=O)NCc2ccccc2S(=O)(=O)N2CCCCC2)CCCCC1. The first-order valence-electron chi connectivity index (χ1n) is 9.59. The van der Waals surface area contributed by atoms with Crippen molar-refractivity contribution in [1.29, 1.82) is 0 Å². The zero-order valence-electron chi connectivity index (χ0n) is 15.7. The summed E-state index contributed by atoms with van der Waals surface area (Å²) in [6.07, 6.45) is 7.28. The number of halogens is 1. The molecule has 0 atom stereocenters. The molecule has 0 aromatic heterocycles. The smallest absolute Gasteiger partial charge is 0.243 e. The minimum Gasteiger partial charge on any atom is -0.350 e. The number of carbonyl (C=O) groups is 1. The van der Waals surface area contributed by atoms with Gasteiger partial charge in [0.05, 0.1) is 10.4 Å². The first-order valence-corrected chi connectivity index (χ1v) is 11.0. The predicted molar refractivity (Wildman–Crippen MR) is 108 cm³/mol. The highest BCUT2D eigenvalue weighted by atomic mass is 35.5. The zero-order valence-corrected chi connectivity index (χ0v) is 17.3. The highest BCUT2D eigenvalue weighted by Crippen LogP contribution is 2.27. The molecule has 3 rings (SSSR count). The summed E-state index contributed by atoms with van der Waals surface area (Å²) in [6.45, 7) is 1.31. The minimum absolute atomic E-state index is 0. The van der Waals surface area contributed by atoms with Crippen LogP contribution in [-0.4, -0.2) is 37.3 Å². The number of rotatable bonds is 5. The molecule has 2 fully saturated rings. The maximum absolute atomic E-state index is 13.0. The van der Waals surface area contributed by atoms with E-state index in [0.717, 1.165) is 38.5 Å². The van der Waals surface area contributed by atoms with Crippen molar-refractivity contribution in [3.8, 4) is 0 Å². The van der Waals surface area contributed by atoms with Gasteiger partial charge in [-0.2, -0.15) is 4.31 Å². The van der Waals surface area contributed by atoms with E-state index in [-0.39, 0.29) is 29.8 Å². The van der Waals surface area contributed by atoms with E-state index in [2.05, 4.69) is 5.32 Å². The van der Waals surface area contributed by atoms with E-state index in [1.165, 1.54) is 0 Å². The molecule has 152 valence electrons. The Morgan fingerprint density at radius 3 is 2.30 bits per heavy atom. The third-order valence-corrected chi connectivity index (χ3v) is 7.54. The molecular formula is C19H30ClN3O3S. The van der Waals surface area contributed by atoms with Gasteiger partial charge in [-0.1, -0.05) is 43.9 Å². The molecule has 1 heterocycles. The molecule has 8 heteroatoms. The molecule has 0 bridgehead atoms. The molecule has 6 nitrogen and oxygen atoms in total. The van der Waals surface area contributed by atoms with Gasteiger partial charge in [-0.15, -0.1) is 12.4 Å². The summed E-state index contributed by atoms with van der Waals surface area (Å²) in [5.74, 6) is -0.178. The standard InChI is InChI=1S/C19H29N3O3S.ClH/c20-19(11-5-1-6-12-19)18(23)21-15-16-9-3-4-10-17(16)26(24,25)22-13-7-2-8-14-22;/h3-4,9-10H,1-2,5-8,11-15,20H2,(H,21,23);1H. The Morgan fingerprint density at radius 1 is 1.04 bits per heavy atom. The summed E-state index contributed by atoms with van der Waals surface area (Å²) < 4.78 is 27.6. The van der Waals surface area contributed by atoms with E-state index < -0.39 is 15.6 Å². The van der Waals surface area contributed by atoms with Gasteiger partial charge in [-0.05, 0) is 37.3 Å². The highest BCUT2D eigenvalue weighted by molar-refractivity contribution is 7.89. The summed E-state index contributed by atoms with van der Waals surface area (Å²) >= 11 is 0. The van der Waals surface area contributed by atoms with Gasteiger partial charge in [0.1, 0.15) is 0 Å². The molecule has 1 aliphatic carbocycles. The molecule has 1 aromatic rings. The van der Waals surface area contributed by atoms with Gasteiger partial charge in [0.2, 0.25) is 15.9 Å². The molecule has 1 amide bonds. The van der Waals surface area contributed by atoms with Gasteiger partial charge in [0.15, 0.2) is 0 Å². The molecule has 1 saturated carbocycles. The van der Waals surface area contributed by atoms with Gasteiger partial charge in [-0.25, -0.2) is 8.42 Å². The van der Waals surface area contributed by atoms with Crippen LogP contribution >= 0.6 is 12.4 Å². The molecule has 3 N–H and O–H groups in total. The van der Waals surface area contributed by atoms with Crippen molar-refractivity contribution in [2.75, 3.05) is 13.1 Å². The molecule has 27 heavy (non-hydrogen) atoms. The number of hydrogen-bond donors (Lipinski definition) is 2. The Morgan fingerprint density at radius 2 is 1.63 bits per heavy atom. The average molecular weight is 416 g/mol. The molecule has 0 unspecified atom stereocenters. The number of benzene rings is 1. The van der Waals surface area contributed by atoms with Crippen LogP contribution in [0.2, 0.25) is 0 Å². The number of amides is 1. The monoisotopic (exact) mass is 415 g/mol. The van der Waals surface area contributed by atoms with Crippen LogP contribution in [0.3, 0.4) is 0 Å². The number of hydrogen-bond acceptors (Lipinski definition) is 4. The first kappa shape index (κ1) is 22.1. The largest absolute Gasteiger partial charge is 0.350 e. The van der Waals surface area contributed by atoms with Crippen molar-refractivity contribution < 1.29 is 13.2 Å². The van der Waals surface area contributed by atoms with Crippen LogP contribution in [0.1, 0.15) is 56.9 Å². The fraction of sp³-hybridized carbons (Fsp3) is 0.632. The summed E-state index contributed by atoms with van der Waals surface area (Å²) in [6, 6.07) is 6.93. The molecule has 0 spiro atoms. The van der Waals surface area contributed by atoms with Crippen molar-refractivity contribution >= 4 is 28.3 Å². The van der Waals surface area contributed by atoms with Crippen molar-refractivity contribution in [3.05, 3.63) is 29.8 Å². The van der Waals surface area contributed by atoms with E-state index in [1.54, 1.807) is 28.6 Å². The van der Waals surface area contributed by atoms with Gasteiger partial charge in [0.25, 0.3) is 0 Å². The molecule has 1 aliphatic heterocycles. The van der Waals surface area contributed by atoms with E-state index >= 15 is 0 Å². The highest BCUT2D eigenvalue weighted by Gasteiger charge is 2.35. The van der Waals surface area contributed by atoms with Crippen LogP contribution in [0, 0.1) is 0 Å². The van der Waals surface area contributed by atoms with Crippen LogP contribution in [-0.2, 0) is 21.4 Å². The van der Waals surface area contributed by atoms with Crippen molar-refractivity contribution in [2.24, 2.45) is 5.73 Å². The Balaban J connectivity index is 0.00000261.